The van der Waals surface area contributed by atoms with Gasteiger partial charge in [0.1, 0.15) is 0 Å². The highest BCUT2D eigenvalue weighted by atomic mass is 16.5. The van der Waals surface area contributed by atoms with Gasteiger partial charge in [0.15, 0.2) is 0 Å². The summed E-state index contributed by atoms with van der Waals surface area (Å²) in [5.74, 6) is 0. The third-order valence-corrected chi connectivity index (χ3v) is 3.06. The van der Waals surface area contributed by atoms with Crippen LogP contribution >= 0.6 is 0 Å². The molecule has 3 N–H and O–H groups in total. The molecule has 0 fully saturated rings. The number of rotatable bonds is 6. The molecule has 1 atom stereocenters. The van der Waals surface area contributed by atoms with E-state index in [2.05, 4.69) is 10.3 Å². The van der Waals surface area contributed by atoms with E-state index in [1.165, 1.54) is 0 Å². The molecule has 1 aromatic heterocycles. The Morgan fingerprint density at radius 2 is 2.11 bits per heavy atom. The minimum atomic E-state index is 0.00859. The van der Waals surface area contributed by atoms with Crippen LogP contribution in [-0.2, 0) is 9.47 Å². The quantitative estimate of drug-likeness (QED) is 0.777. The zero-order valence-corrected chi connectivity index (χ0v) is 11.2. The van der Waals surface area contributed by atoms with Gasteiger partial charge in [0, 0.05) is 55.3 Å². The van der Waals surface area contributed by atoms with Crippen molar-refractivity contribution >= 4 is 22.1 Å². The van der Waals surface area contributed by atoms with Crippen molar-refractivity contribution in [3.8, 4) is 0 Å². The summed E-state index contributed by atoms with van der Waals surface area (Å²) < 4.78 is 10.4. The van der Waals surface area contributed by atoms with Crippen molar-refractivity contribution in [3.05, 3.63) is 30.6 Å². The molecule has 2 aromatic rings. The summed E-state index contributed by atoms with van der Waals surface area (Å²) in [4.78, 5) is 4.15. The van der Waals surface area contributed by atoms with Gasteiger partial charge in [-0.1, -0.05) is 0 Å². The van der Waals surface area contributed by atoms with Gasteiger partial charge in [0.25, 0.3) is 0 Å². The molecular weight excluding hydrogens is 242 g/mol. The van der Waals surface area contributed by atoms with Crippen LogP contribution in [0.2, 0.25) is 0 Å². The molecule has 5 nitrogen and oxygen atoms in total. The Bertz CT molecular complexity index is 545. The molecule has 1 unspecified atom stereocenters. The van der Waals surface area contributed by atoms with E-state index >= 15 is 0 Å². The fourth-order valence-electron chi connectivity index (χ4n) is 1.99. The number of pyridine rings is 1. The second-order valence-electron chi connectivity index (χ2n) is 4.32. The summed E-state index contributed by atoms with van der Waals surface area (Å²) in [5.41, 5.74) is 7.70. The first-order valence-corrected chi connectivity index (χ1v) is 6.14. The van der Waals surface area contributed by atoms with Gasteiger partial charge < -0.3 is 20.5 Å². The lowest BCUT2D eigenvalue weighted by Crippen LogP contribution is -2.26. The van der Waals surface area contributed by atoms with E-state index in [-0.39, 0.29) is 6.10 Å². The second-order valence-corrected chi connectivity index (χ2v) is 4.32. The van der Waals surface area contributed by atoms with E-state index in [1.54, 1.807) is 20.4 Å². The monoisotopic (exact) mass is 261 g/mol. The number of aromatic nitrogens is 1. The lowest BCUT2D eigenvalue weighted by molar-refractivity contribution is 0.0366. The van der Waals surface area contributed by atoms with Crippen molar-refractivity contribution in [3.63, 3.8) is 0 Å². The van der Waals surface area contributed by atoms with Crippen molar-refractivity contribution in [2.75, 3.05) is 38.4 Å². The molecule has 19 heavy (non-hydrogen) atoms. The molecule has 0 saturated heterocycles. The number of anilines is 2. The predicted molar refractivity (Wildman–Crippen MR) is 77.3 cm³/mol. The molecule has 0 aliphatic rings. The number of fused-ring (bicyclic) bond motifs is 1. The standard InChI is InChI=1S/C14H19N3O2/c1-18-9-10(19-2)7-17-14-4-3-13(15)11-5-6-16-8-12(11)14/h3-6,8,10,17H,7,9,15H2,1-2H3. The van der Waals surface area contributed by atoms with E-state index < -0.39 is 0 Å². The number of nitrogens with one attached hydrogen (secondary N) is 1. The van der Waals surface area contributed by atoms with Gasteiger partial charge in [-0.05, 0) is 18.2 Å². The van der Waals surface area contributed by atoms with E-state index in [9.17, 15) is 0 Å². The Kier molecular flexibility index (Phi) is 4.54. The summed E-state index contributed by atoms with van der Waals surface area (Å²) in [6.45, 7) is 1.22. The summed E-state index contributed by atoms with van der Waals surface area (Å²) in [5, 5.41) is 5.36. The predicted octanol–water partition coefficient (Wildman–Crippen LogP) is 1.89. The van der Waals surface area contributed by atoms with Crippen LogP contribution in [0.1, 0.15) is 0 Å². The van der Waals surface area contributed by atoms with Gasteiger partial charge in [-0.2, -0.15) is 0 Å². The Morgan fingerprint density at radius 1 is 1.26 bits per heavy atom. The second kappa shape index (κ2) is 6.36. The maximum atomic E-state index is 5.95. The van der Waals surface area contributed by atoms with Crippen molar-refractivity contribution in [2.24, 2.45) is 0 Å². The maximum absolute atomic E-state index is 5.95. The molecule has 0 bridgehead atoms. The Balaban J connectivity index is 2.19. The SMILES string of the molecule is COCC(CNc1ccc(N)c2ccncc12)OC. The average Bonchev–Trinajstić information content (AvgIpc) is 2.45. The minimum Gasteiger partial charge on any atom is -0.398 e. The zero-order valence-electron chi connectivity index (χ0n) is 11.2. The molecule has 1 heterocycles. The highest BCUT2D eigenvalue weighted by molar-refractivity contribution is 6.00. The highest BCUT2D eigenvalue weighted by Gasteiger charge is 2.08. The van der Waals surface area contributed by atoms with Crippen molar-refractivity contribution in [2.45, 2.75) is 6.10 Å². The number of nitrogen functional groups attached to an aromatic ring is 1. The number of nitrogens with zero attached hydrogens (tertiary/aromatic N) is 1. The molecule has 0 aliphatic heterocycles. The first-order valence-electron chi connectivity index (χ1n) is 6.14. The molecule has 0 amide bonds. The fourth-order valence-corrected chi connectivity index (χ4v) is 1.99. The van der Waals surface area contributed by atoms with Crippen molar-refractivity contribution < 1.29 is 9.47 Å². The molecular formula is C14H19N3O2. The number of benzene rings is 1. The van der Waals surface area contributed by atoms with Crippen LogP contribution in [0.25, 0.3) is 10.8 Å². The normalized spacial score (nSPS) is 12.5. The van der Waals surface area contributed by atoms with Gasteiger partial charge in [-0.15, -0.1) is 0 Å². The lowest BCUT2D eigenvalue weighted by Gasteiger charge is -2.17. The molecule has 0 radical (unpaired) electrons. The van der Waals surface area contributed by atoms with Gasteiger partial charge in [0.2, 0.25) is 0 Å². The van der Waals surface area contributed by atoms with Crippen LogP contribution < -0.4 is 11.1 Å². The zero-order chi connectivity index (χ0) is 13.7. The van der Waals surface area contributed by atoms with Gasteiger partial charge in [-0.25, -0.2) is 0 Å². The van der Waals surface area contributed by atoms with E-state index in [4.69, 9.17) is 15.2 Å². The summed E-state index contributed by atoms with van der Waals surface area (Å²) in [6, 6.07) is 5.76. The molecule has 0 spiro atoms. The molecule has 0 aliphatic carbocycles. The van der Waals surface area contributed by atoms with Crippen LogP contribution in [0.5, 0.6) is 0 Å². The topological polar surface area (TPSA) is 69.4 Å². The molecule has 5 heteroatoms. The van der Waals surface area contributed by atoms with Crippen molar-refractivity contribution in [1.82, 2.24) is 4.98 Å². The van der Waals surface area contributed by atoms with Crippen LogP contribution in [0.3, 0.4) is 0 Å². The van der Waals surface area contributed by atoms with E-state index in [0.717, 1.165) is 22.1 Å². The van der Waals surface area contributed by atoms with Crippen LogP contribution in [0.15, 0.2) is 30.6 Å². The van der Waals surface area contributed by atoms with Crippen molar-refractivity contribution in [1.29, 1.82) is 0 Å². The maximum Gasteiger partial charge on any atom is 0.0976 e. The van der Waals surface area contributed by atoms with Gasteiger partial charge in [0.05, 0.1) is 12.7 Å². The third kappa shape index (κ3) is 3.13. The van der Waals surface area contributed by atoms with Gasteiger partial charge in [-0.3, -0.25) is 4.98 Å². The molecule has 102 valence electrons. The van der Waals surface area contributed by atoms with Gasteiger partial charge >= 0.3 is 0 Å². The Hall–Kier alpha value is -1.85. The Morgan fingerprint density at radius 3 is 2.84 bits per heavy atom. The molecule has 2 rings (SSSR count). The van der Waals surface area contributed by atoms with Crippen LogP contribution in [-0.4, -0.2) is 38.5 Å². The number of methoxy groups -OCH3 is 2. The van der Waals surface area contributed by atoms with E-state index in [1.807, 2.05) is 24.4 Å². The smallest absolute Gasteiger partial charge is 0.0976 e. The molecule has 0 saturated carbocycles. The number of nitrogens with two attached hydrogens (primary N) is 1. The summed E-state index contributed by atoms with van der Waals surface area (Å²) in [6.07, 6.45) is 3.56. The first-order chi connectivity index (χ1) is 9.26. The van der Waals surface area contributed by atoms with Crippen LogP contribution in [0, 0.1) is 0 Å². The summed E-state index contributed by atoms with van der Waals surface area (Å²) in [7, 11) is 3.34. The summed E-state index contributed by atoms with van der Waals surface area (Å²) >= 11 is 0. The largest absolute Gasteiger partial charge is 0.398 e. The van der Waals surface area contributed by atoms with Crippen LogP contribution in [0.4, 0.5) is 11.4 Å². The number of hydrogen-bond acceptors (Lipinski definition) is 5. The minimum absolute atomic E-state index is 0.00859. The molecule has 1 aromatic carbocycles. The number of hydrogen-bond donors (Lipinski definition) is 2. The Labute approximate surface area is 112 Å². The number of ether oxygens (including phenoxy) is 2. The highest BCUT2D eigenvalue weighted by Crippen LogP contribution is 2.27. The first kappa shape index (κ1) is 13.6. The third-order valence-electron chi connectivity index (χ3n) is 3.06. The fraction of sp³-hybridized carbons (Fsp3) is 0.357. The van der Waals surface area contributed by atoms with E-state index in [0.29, 0.717) is 13.2 Å². The average molecular weight is 261 g/mol. The lowest BCUT2D eigenvalue weighted by atomic mass is 10.1.